The molecule has 28 heavy (non-hydrogen) atoms. The van der Waals surface area contributed by atoms with E-state index in [-0.39, 0.29) is 16.1 Å². The maximum atomic E-state index is 14.1. The molecule has 7 nitrogen and oxygen atoms in total. The Bertz CT molecular complexity index is 1100. The molecule has 0 aliphatic rings. The zero-order chi connectivity index (χ0) is 20.3. The van der Waals surface area contributed by atoms with Crippen LogP contribution in [0.15, 0.2) is 53.4 Å². The Morgan fingerprint density at radius 3 is 2.50 bits per heavy atom. The number of halogens is 1. The third kappa shape index (κ3) is 4.58. The number of hydrogen-bond donors (Lipinski definition) is 2. The molecule has 0 fully saturated rings. The number of benzene rings is 2. The van der Waals surface area contributed by atoms with Crippen LogP contribution in [0.4, 0.5) is 9.52 Å². The average Bonchev–Trinajstić information content (AvgIpc) is 3.10. The Morgan fingerprint density at radius 1 is 1.11 bits per heavy atom. The lowest BCUT2D eigenvalue weighted by Crippen LogP contribution is -2.30. The van der Waals surface area contributed by atoms with Gasteiger partial charge in [-0.2, -0.15) is 0 Å². The molecule has 0 spiro atoms. The second kappa shape index (κ2) is 8.13. The minimum absolute atomic E-state index is 0.178. The molecule has 146 valence electrons. The third-order valence-electron chi connectivity index (χ3n) is 3.55. The van der Waals surface area contributed by atoms with E-state index in [4.69, 9.17) is 0 Å². The van der Waals surface area contributed by atoms with Crippen LogP contribution in [0.5, 0.6) is 0 Å². The molecule has 0 unspecified atom stereocenters. The van der Waals surface area contributed by atoms with Crippen molar-refractivity contribution in [2.75, 3.05) is 5.32 Å². The van der Waals surface area contributed by atoms with Crippen molar-refractivity contribution in [3.05, 3.63) is 59.9 Å². The van der Waals surface area contributed by atoms with Gasteiger partial charge in [0.25, 0.3) is 5.91 Å². The Balaban J connectivity index is 1.83. The number of anilines is 1. The van der Waals surface area contributed by atoms with E-state index < -0.39 is 27.3 Å². The summed E-state index contributed by atoms with van der Waals surface area (Å²) in [4.78, 5) is 12.3. The van der Waals surface area contributed by atoms with Crippen LogP contribution >= 0.6 is 11.3 Å². The van der Waals surface area contributed by atoms with Gasteiger partial charge >= 0.3 is 0 Å². The fourth-order valence-corrected chi connectivity index (χ4v) is 4.38. The van der Waals surface area contributed by atoms with Crippen molar-refractivity contribution >= 4 is 32.4 Å². The number of amides is 1. The molecule has 0 aliphatic heterocycles. The predicted molar refractivity (Wildman–Crippen MR) is 105 cm³/mol. The van der Waals surface area contributed by atoms with E-state index in [0.29, 0.717) is 5.01 Å². The fraction of sp³-hybridized carbons (Fsp3) is 0.167. The van der Waals surface area contributed by atoms with Gasteiger partial charge in [-0.15, -0.1) is 10.2 Å². The third-order valence-corrected chi connectivity index (χ3v) is 6.09. The van der Waals surface area contributed by atoms with Crippen LogP contribution in [0.3, 0.4) is 0 Å². The van der Waals surface area contributed by atoms with Gasteiger partial charge in [0, 0.05) is 11.6 Å². The van der Waals surface area contributed by atoms with Gasteiger partial charge in [0.05, 0.1) is 10.5 Å². The molecule has 0 atom stereocenters. The molecule has 0 saturated heterocycles. The minimum Gasteiger partial charge on any atom is -0.296 e. The van der Waals surface area contributed by atoms with Gasteiger partial charge in [-0.05, 0) is 32.0 Å². The summed E-state index contributed by atoms with van der Waals surface area (Å²) in [5, 5.41) is 11.1. The molecule has 0 bridgehead atoms. The summed E-state index contributed by atoms with van der Waals surface area (Å²) in [6.07, 6.45) is 0. The SMILES string of the molecule is CC(C)NS(=O)(=O)c1ccc(F)c(C(=O)Nc2nnc(-c3ccccc3)s2)c1. The molecule has 0 radical (unpaired) electrons. The molecule has 2 N–H and O–H groups in total. The fourth-order valence-electron chi connectivity index (χ4n) is 2.36. The van der Waals surface area contributed by atoms with Gasteiger partial charge in [0.2, 0.25) is 15.2 Å². The summed E-state index contributed by atoms with van der Waals surface area (Å²) in [5.74, 6) is -1.65. The topological polar surface area (TPSA) is 101 Å². The molecule has 1 amide bonds. The lowest BCUT2D eigenvalue weighted by atomic mass is 10.2. The number of nitrogens with zero attached hydrogens (tertiary/aromatic N) is 2. The highest BCUT2D eigenvalue weighted by molar-refractivity contribution is 7.89. The normalized spacial score (nSPS) is 11.6. The van der Waals surface area contributed by atoms with Crippen LogP contribution in [0, 0.1) is 5.82 Å². The Hall–Kier alpha value is -2.69. The molecule has 3 aromatic rings. The van der Waals surface area contributed by atoms with Crippen molar-refractivity contribution in [3.63, 3.8) is 0 Å². The van der Waals surface area contributed by atoms with Crippen LogP contribution in [0.2, 0.25) is 0 Å². The highest BCUT2D eigenvalue weighted by Crippen LogP contribution is 2.26. The first-order chi connectivity index (χ1) is 13.3. The monoisotopic (exact) mass is 420 g/mol. The van der Waals surface area contributed by atoms with Gasteiger partial charge in [-0.1, -0.05) is 41.7 Å². The smallest absolute Gasteiger partial charge is 0.260 e. The van der Waals surface area contributed by atoms with Gasteiger partial charge in [0.15, 0.2) is 0 Å². The van der Waals surface area contributed by atoms with Crippen molar-refractivity contribution in [2.45, 2.75) is 24.8 Å². The number of hydrogen-bond acceptors (Lipinski definition) is 6. The van der Waals surface area contributed by atoms with E-state index in [0.717, 1.165) is 35.1 Å². The summed E-state index contributed by atoms with van der Waals surface area (Å²) >= 11 is 1.13. The van der Waals surface area contributed by atoms with Gasteiger partial charge in [0.1, 0.15) is 10.8 Å². The average molecular weight is 420 g/mol. The summed E-state index contributed by atoms with van der Waals surface area (Å²) < 4.78 is 41.0. The Labute approximate surface area is 165 Å². The standard InChI is InChI=1S/C18H17FN4O3S2/c1-11(2)23-28(25,26)13-8-9-15(19)14(10-13)16(24)20-18-22-21-17(27-18)12-6-4-3-5-7-12/h3-11,23H,1-2H3,(H,20,22,24). The number of nitrogens with one attached hydrogen (secondary N) is 2. The number of aromatic nitrogens is 2. The predicted octanol–water partition coefficient (Wildman–Crippen LogP) is 3.28. The highest BCUT2D eigenvalue weighted by Gasteiger charge is 2.21. The van der Waals surface area contributed by atoms with Crippen LogP contribution in [-0.4, -0.2) is 30.6 Å². The minimum atomic E-state index is -3.86. The van der Waals surface area contributed by atoms with Crippen LogP contribution in [-0.2, 0) is 10.0 Å². The molecule has 3 rings (SSSR count). The quantitative estimate of drug-likeness (QED) is 0.637. The van der Waals surface area contributed by atoms with Crippen LogP contribution < -0.4 is 10.0 Å². The van der Waals surface area contributed by atoms with Crippen molar-refractivity contribution in [1.29, 1.82) is 0 Å². The lowest BCUT2D eigenvalue weighted by molar-refractivity contribution is 0.102. The highest BCUT2D eigenvalue weighted by atomic mass is 32.2. The molecule has 0 aliphatic carbocycles. The largest absolute Gasteiger partial charge is 0.296 e. The van der Waals surface area contributed by atoms with E-state index in [1.54, 1.807) is 13.8 Å². The second-order valence-corrected chi connectivity index (χ2v) is 8.84. The molecular weight excluding hydrogens is 403 g/mol. The van der Waals surface area contributed by atoms with E-state index in [1.807, 2.05) is 30.3 Å². The molecule has 1 aromatic heterocycles. The first-order valence-corrected chi connectivity index (χ1v) is 10.6. The number of carbonyl (C=O) groups excluding carboxylic acids is 1. The molecule has 1 heterocycles. The maximum Gasteiger partial charge on any atom is 0.260 e. The van der Waals surface area contributed by atoms with Crippen molar-refractivity contribution in [2.24, 2.45) is 0 Å². The number of sulfonamides is 1. The van der Waals surface area contributed by atoms with Gasteiger partial charge in [-0.25, -0.2) is 17.5 Å². The van der Waals surface area contributed by atoms with Crippen molar-refractivity contribution in [3.8, 4) is 10.6 Å². The van der Waals surface area contributed by atoms with E-state index >= 15 is 0 Å². The van der Waals surface area contributed by atoms with Crippen molar-refractivity contribution in [1.82, 2.24) is 14.9 Å². The summed E-state index contributed by atoms with van der Waals surface area (Å²) in [7, 11) is -3.86. The zero-order valence-corrected chi connectivity index (χ0v) is 16.6. The first kappa shape index (κ1) is 20.1. The number of carbonyl (C=O) groups is 1. The molecule has 0 saturated carbocycles. The Morgan fingerprint density at radius 2 is 1.82 bits per heavy atom. The summed E-state index contributed by atoms with van der Waals surface area (Å²) in [5.41, 5.74) is 0.433. The lowest BCUT2D eigenvalue weighted by Gasteiger charge is -2.11. The number of rotatable bonds is 6. The van der Waals surface area contributed by atoms with E-state index in [2.05, 4.69) is 20.2 Å². The van der Waals surface area contributed by atoms with Crippen LogP contribution in [0.1, 0.15) is 24.2 Å². The summed E-state index contributed by atoms with van der Waals surface area (Å²) in [6.45, 7) is 3.32. The second-order valence-electron chi connectivity index (χ2n) is 6.15. The van der Waals surface area contributed by atoms with Crippen molar-refractivity contribution < 1.29 is 17.6 Å². The first-order valence-electron chi connectivity index (χ1n) is 8.28. The summed E-state index contributed by atoms with van der Waals surface area (Å²) in [6, 6.07) is 12.0. The van der Waals surface area contributed by atoms with Gasteiger partial charge in [-0.3, -0.25) is 10.1 Å². The van der Waals surface area contributed by atoms with Gasteiger partial charge < -0.3 is 0 Å². The van der Waals surface area contributed by atoms with Crippen LogP contribution in [0.25, 0.3) is 10.6 Å². The molecule has 10 heteroatoms. The van der Waals surface area contributed by atoms with E-state index in [9.17, 15) is 17.6 Å². The maximum absolute atomic E-state index is 14.1. The zero-order valence-electron chi connectivity index (χ0n) is 15.0. The Kier molecular flexibility index (Phi) is 5.82. The molecular formula is C18H17FN4O3S2. The molecule has 2 aromatic carbocycles. The van der Waals surface area contributed by atoms with E-state index in [1.165, 1.54) is 0 Å².